The zero-order valence-corrected chi connectivity index (χ0v) is 15.6. The summed E-state index contributed by atoms with van der Waals surface area (Å²) in [5.74, 6) is -0.530. The van der Waals surface area contributed by atoms with Crippen LogP contribution in [-0.2, 0) is 9.53 Å². The van der Waals surface area contributed by atoms with E-state index in [0.29, 0.717) is 11.3 Å². The Kier molecular flexibility index (Phi) is 6.08. The highest BCUT2D eigenvalue weighted by atomic mass is 16.5. The number of morpholine rings is 1. The molecule has 2 amide bonds. The number of hydrogen-bond donors (Lipinski definition) is 2. The highest BCUT2D eigenvalue weighted by Gasteiger charge is 2.22. The number of nitrogens with one attached hydrogen (secondary N) is 2. The van der Waals surface area contributed by atoms with Crippen LogP contribution in [0, 0.1) is 0 Å². The van der Waals surface area contributed by atoms with E-state index in [4.69, 9.17) is 4.74 Å². The molecule has 1 aliphatic heterocycles. The number of carbonyl (C=O) groups is 2. The van der Waals surface area contributed by atoms with Crippen molar-refractivity contribution in [2.45, 2.75) is 26.1 Å². The molecule has 1 heterocycles. The minimum absolute atomic E-state index is 0.0754. The fraction of sp³-hybridized carbons (Fsp3) is 0.333. The molecular formula is C21H25N3O3. The van der Waals surface area contributed by atoms with E-state index < -0.39 is 0 Å². The number of anilines is 2. The van der Waals surface area contributed by atoms with Crippen molar-refractivity contribution in [2.24, 2.45) is 0 Å². The van der Waals surface area contributed by atoms with Crippen LogP contribution in [0.1, 0.15) is 24.2 Å². The predicted molar refractivity (Wildman–Crippen MR) is 106 cm³/mol. The van der Waals surface area contributed by atoms with Crippen LogP contribution in [0.2, 0.25) is 0 Å². The van der Waals surface area contributed by atoms with Gasteiger partial charge in [-0.2, -0.15) is 0 Å². The number of benzene rings is 2. The predicted octanol–water partition coefficient (Wildman–Crippen LogP) is 2.67. The summed E-state index contributed by atoms with van der Waals surface area (Å²) in [6, 6.07) is 16.5. The molecule has 2 unspecified atom stereocenters. The molecule has 2 N–H and O–H groups in total. The van der Waals surface area contributed by atoms with E-state index in [1.54, 1.807) is 24.3 Å². The van der Waals surface area contributed by atoms with Crippen LogP contribution in [-0.4, -0.2) is 43.7 Å². The highest BCUT2D eigenvalue weighted by molar-refractivity contribution is 5.99. The third-order valence-electron chi connectivity index (χ3n) is 4.38. The van der Waals surface area contributed by atoms with Gasteiger partial charge in [-0.05, 0) is 50.2 Å². The van der Waals surface area contributed by atoms with Gasteiger partial charge in [-0.15, -0.1) is 0 Å². The van der Waals surface area contributed by atoms with E-state index in [9.17, 15) is 9.59 Å². The Hall–Kier alpha value is -2.86. The maximum Gasteiger partial charge on any atom is 0.251 e. The van der Waals surface area contributed by atoms with Crippen LogP contribution in [0.5, 0.6) is 0 Å². The average Bonchev–Trinajstić information content (AvgIpc) is 2.66. The van der Waals surface area contributed by atoms with Gasteiger partial charge in [0.2, 0.25) is 5.91 Å². The van der Waals surface area contributed by atoms with Crippen molar-refractivity contribution in [2.75, 3.05) is 29.9 Å². The second-order valence-corrected chi connectivity index (χ2v) is 6.81. The number of hydrogen-bond acceptors (Lipinski definition) is 4. The Morgan fingerprint density at radius 1 is 1.00 bits per heavy atom. The molecular weight excluding hydrogens is 342 g/mol. The number of nitrogens with zero attached hydrogens (tertiary/aromatic N) is 1. The topological polar surface area (TPSA) is 70.7 Å². The number of amides is 2. The molecule has 6 heteroatoms. The van der Waals surface area contributed by atoms with E-state index in [1.807, 2.05) is 30.3 Å². The average molecular weight is 367 g/mol. The van der Waals surface area contributed by atoms with E-state index in [2.05, 4.69) is 29.4 Å². The lowest BCUT2D eigenvalue weighted by Gasteiger charge is -2.36. The van der Waals surface area contributed by atoms with Crippen molar-refractivity contribution in [1.29, 1.82) is 0 Å². The number of ether oxygens (including phenoxy) is 1. The Morgan fingerprint density at radius 2 is 1.63 bits per heavy atom. The first kappa shape index (κ1) is 18.9. The van der Waals surface area contributed by atoms with Gasteiger partial charge in [0.05, 0.1) is 18.8 Å². The van der Waals surface area contributed by atoms with Crippen molar-refractivity contribution in [1.82, 2.24) is 5.32 Å². The van der Waals surface area contributed by atoms with Crippen LogP contribution < -0.4 is 15.5 Å². The smallest absolute Gasteiger partial charge is 0.251 e. The minimum Gasteiger partial charge on any atom is -0.372 e. The van der Waals surface area contributed by atoms with Crippen molar-refractivity contribution in [3.05, 3.63) is 60.2 Å². The second-order valence-electron chi connectivity index (χ2n) is 6.81. The first-order chi connectivity index (χ1) is 13.0. The first-order valence-corrected chi connectivity index (χ1v) is 9.15. The van der Waals surface area contributed by atoms with Crippen LogP contribution in [0.15, 0.2) is 54.6 Å². The summed E-state index contributed by atoms with van der Waals surface area (Å²) in [5, 5.41) is 5.42. The molecule has 2 atom stereocenters. The van der Waals surface area contributed by atoms with Gasteiger partial charge < -0.3 is 20.3 Å². The third kappa shape index (κ3) is 5.31. The van der Waals surface area contributed by atoms with Gasteiger partial charge in [0.1, 0.15) is 0 Å². The molecule has 6 nitrogen and oxygen atoms in total. The maximum absolute atomic E-state index is 12.1. The lowest BCUT2D eigenvalue weighted by Crippen LogP contribution is -2.45. The summed E-state index contributed by atoms with van der Waals surface area (Å²) in [7, 11) is 0. The molecule has 0 aliphatic carbocycles. The molecule has 0 radical (unpaired) electrons. The van der Waals surface area contributed by atoms with Gasteiger partial charge in [0.25, 0.3) is 5.91 Å². The van der Waals surface area contributed by atoms with Crippen molar-refractivity contribution >= 4 is 23.2 Å². The van der Waals surface area contributed by atoms with Crippen molar-refractivity contribution < 1.29 is 14.3 Å². The second kappa shape index (κ2) is 8.68. The Bertz CT molecular complexity index is 767. The van der Waals surface area contributed by atoms with Crippen LogP contribution in [0.25, 0.3) is 0 Å². The standard InChI is InChI=1S/C21H25N3O3/c1-15-13-24(14-16(2)27-15)19-10-8-18(9-11-19)23-20(25)12-22-21(26)17-6-4-3-5-7-17/h3-11,15-16H,12-14H2,1-2H3,(H,22,26)(H,23,25). The molecule has 142 valence electrons. The van der Waals surface area contributed by atoms with Gasteiger partial charge in [-0.3, -0.25) is 9.59 Å². The minimum atomic E-state index is -0.267. The fourth-order valence-corrected chi connectivity index (χ4v) is 3.20. The Balaban J connectivity index is 1.50. The summed E-state index contributed by atoms with van der Waals surface area (Å²) < 4.78 is 5.76. The van der Waals surface area contributed by atoms with E-state index in [-0.39, 0.29) is 30.6 Å². The van der Waals surface area contributed by atoms with Crippen LogP contribution in [0.3, 0.4) is 0 Å². The zero-order valence-electron chi connectivity index (χ0n) is 15.6. The van der Waals surface area contributed by atoms with Crippen molar-refractivity contribution in [3.8, 4) is 0 Å². The summed E-state index contributed by atoms with van der Waals surface area (Å²) in [5.41, 5.74) is 2.34. The van der Waals surface area contributed by atoms with Gasteiger partial charge in [-0.1, -0.05) is 18.2 Å². The summed E-state index contributed by atoms with van der Waals surface area (Å²) in [6.45, 7) is 5.76. The highest BCUT2D eigenvalue weighted by Crippen LogP contribution is 2.22. The van der Waals surface area contributed by atoms with E-state index >= 15 is 0 Å². The Morgan fingerprint density at radius 3 is 2.26 bits per heavy atom. The molecule has 1 fully saturated rings. The van der Waals surface area contributed by atoms with Crippen LogP contribution in [0.4, 0.5) is 11.4 Å². The number of rotatable bonds is 5. The molecule has 27 heavy (non-hydrogen) atoms. The van der Waals surface area contributed by atoms with Gasteiger partial charge in [0, 0.05) is 30.0 Å². The summed E-state index contributed by atoms with van der Waals surface area (Å²) in [6.07, 6.45) is 0.391. The molecule has 1 saturated heterocycles. The monoisotopic (exact) mass is 367 g/mol. The van der Waals surface area contributed by atoms with E-state index in [0.717, 1.165) is 18.8 Å². The molecule has 0 spiro atoms. The normalized spacial score (nSPS) is 19.4. The summed E-state index contributed by atoms with van der Waals surface area (Å²) in [4.78, 5) is 26.3. The lowest BCUT2D eigenvalue weighted by molar-refractivity contribution is -0.115. The first-order valence-electron chi connectivity index (χ1n) is 9.15. The third-order valence-corrected chi connectivity index (χ3v) is 4.38. The molecule has 1 aliphatic rings. The number of carbonyl (C=O) groups excluding carboxylic acids is 2. The van der Waals surface area contributed by atoms with Crippen molar-refractivity contribution in [3.63, 3.8) is 0 Å². The largest absolute Gasteiger partial charge is 0.372 e. The van der Waals surface area contributed by atoms with Gasteiger partial charge >= 0.3 is 0 Å². The zero-order chi connectivity index (χ0) is 19.2. The fourth-order valence-electron chi connectivity index (χ4n) is 3.20. The van der Waals surface area contributed by atoms with Crippen LogP contribution >= 0.6 is 0 Å². The molecule has 3 rings (SSSR count). The molecule has 2 aromatic rings. The quantitative estimate of drug-likeness (QED) is 0.852. The molecule has 2 aromatic carbocycles. The van der Waals surface area contributed by atoms with Gasteiger partial charge in [-0.25, -0.2) is 0 Å². The summed E-state index contributed by atoms with van der Waals surface area (Å²) >= 11 is 0. The molecule has 0 aromatic heterocycles. The molecule has 0 bridgehead atoms. The van der Waals surface area contributed by atoms with E-state index in [1.165, 1.54) is 0 Å². The molecule has 0 saturated carbocycles. The lowest BCUT2D eigenvalue weighted by atomic mass is 10.2. The Labute approximate surface area is 159 Å². The SMILES string of the molecule is CC1CN(c2ccc(NC(=O)CNC(=O)c3ccccc3)cc2)CC(C)O1. The van der Waals surface area contributed by atoms with Gasteiger partial charge in [0.15, 0.2) is 0 Å². The maximum atomic E-state index is 12.1.